The van der Waals surface area contributed by atoms with Gasteiger partial charge in [0, 0.05) is 12.0 Å². The van der Waals surface area contributed by atoms with Crippen molar-refractivity contribution in [1.29, 1.82) is 0 Å². The maximum absolute atomic E-state index is 12.0. The van der Waals surface area contributed by atoms with Crippen LogP contribution in [-0.2, 0) is 5.72 Å². The van der Waals surface area contributed by atoms with Gasteiger partial charge in [0.1, 0.15) is 24.7 Å². The van der Waals surface area contributed by atoms with E-state index in [4.69, 9.17) is 14.2 Å². The summed E-state index contributed by atoms with van der Waals surface area (Å²) in [5.41, 5.74) is 0.821. The monoisotopic (exact) mass is 409 g/mol. The Kier molecular flexibility index (Phi) is 5.03. The third kappa shape index (κ3) is 3.29. The average molecular weight is 410 g/mol. The third-order valence-electron chi connectivity index (χ3n) is 6.19. The Morgan fingerprint density at radius 3 is 2.63 bits per heavy atom. The normalized spacial score (nSPS) is 23.2. The molecule has 3 aliphatic heterocycles. The van der Waals surface area contributed by atoms with E-state index >= 15 is 0 Å². The number of hydrogen-bond acceptors (Lipinski definition) is 5. The molecule has 0 aromatic heterocycles. The SMILES string of the molecule is CCOc1ccc(N2C[C@](O)(c3ccc4c(c3)OCCO4)[N+]3=C2CCCCC3)cc1. The largest absolute Gasteiger partial charge is 0.494 e. The highest BCUT2D eigenvalue weighted by atomic mass is 16.6. The average Bonchev–Trinajstić information content (AvgIpc) is 2.93. The number of nitrogens with zero attached hydrogens (tertiary/aromatic N) is 2. The molecule has 6 nitrogen and oxygen atoms in total. The zero-order valence-electron chi connectivity index (χ0n) is 17.5. The first-order valence-electron chi connectivity index (χ1n) is 11.0. The fourth-order valence-electron chi connectivity index (χ4n) is 4.74. The second-order valence-corrected chi connectivity index (χ2v) is 8.07. The highest BCUT2D eigenvalue weighted by Crippen LogP contribution is 2.39. The molecule has 0 bridgehead atoms. The molecule has 0 aliphatic carbocycles. The smallest absolute Gasteiger partial charge is 0.271 e. The van der Waals surface area contributed by atoms with Gasteiger partial charge in [-0.3, -0.25) is 0 Å². The van der Waals surface area contributed by atoms with Crippen LogP contribution in [0, 0.1) is 0 Å². The third-order valence-corrected chi connectivity index (χ3v) is 6.19. The molecule has 3 heterocycles. The number of amidine groups is 1. The van der Waals surface area contributed by atoms with E-state index in [1.54, 1.807) is 0 Å². The van der Waals surface area contributed by atoms with Crippen LogP contribution in [0.4, 0.5) is 5.69 Å². The Labute approximate surface area is 177 Å². The van der Waals surface area contributed by atoms with Crippen molar-refractivity contribution in [1.82, 2.24) is 0 Å². The molecular weight excluding hydrogens is 380 g/mol. The lowest BCUT2D eigenvalue weighted by Gasteiger charge is -2.26. The van der Waals surface area contributed by atoms with Crippen LogP contribution in [0.15, 0.2) is 42.5 Å². The van der Waals surface area contributed by atoms with E-state index in [-0.39, 0.29) is 0 Å². The van der Waals surface area contributed by atoms with Gasteiger partial charge in [0.15, 0.2) is 18.0 Å². The lowest BCUT2D eigenvalue weighted by Crippen LogP contribution is -2.41. The summed E-state index contributed by atoms with van der Waals surface area (Å²) < 4.78 is 19.3. The molecule has 0 fully saturated rings. The highest BCUT2D eigenvalue weighted by molar-refractivity contribution is 5.96. The van der Waals surface area contributed by atoms with Crippen molar-refractivity contribution in [2.45, 2.75) is 38.3 Å². The van der Waals surface area contributed by atoms with E-state index in [2.05, 4.69) is 21.6 Å². The molecule has 5 rings (SSSR count). The Morgan fingerprint density at radius 1 is 1.03 bits per heavy atom. The van der Waals surface area contributed by atoms with Crippen LogP contribution in [0.5, 0.6) is 17.2 Å². The van der Waals surface area contributed by atoms with Gasteiger partial charge in [-0.1, -0.05) is 0 Å². The van der Waals surface area contributed by atoms with Crippen LogP contribution in [0.25, 0.3) is 0 Å². The molecule has 6 heteroatoms. The molecule has 1 atom stereocenters. The number of aliphatic hydroxyl groups is 1. The first kappa shape index (κ1) is 19.2. The predicted molar refractivity (Wildman–Crippen MR) is 115 cm³/mol. The summed E-state index contributed by atoms with van der Waals surface area (Å²) in [5, 5.41) is 12.0. The number of benzene rings is 2. The van der Waals surface area contributed by atoms with Gasteiger partial charge in [-0.15, -0.1) is 0 Å². The summed E-state index contributed by atoms with van der Waals surface area (Å²) in [5.74, 6) is 3.51. The maximum atomic E-state index is 12.0. The zero-order chi connectivity index (χ0) is 20.6. The first-order chi connectivity index (χ1) is 14.7. The van der Waals surface area contributed by atoms with E-state index in [0.717, 1.165) is 48.6 Å². The van der Waals surface area contributed by atoms with Crippen molar-refractivity contribution in [3.05, 3.63) is 48.0 Å². The summed E-state index contributed by atoms with van der Waals surface area (Å²) in [6, 6.07) is 14.0. The van der Waals surface area contributed by atoms with Gasteiger partial charge in [0.25, 0.3) is 11.6 Å². The lowest BCUT2D eigenvalue weighted by molar-refractivity contribution is -0.658. The highest BCUT2D eigenvalue weighted by Gasteiger charge is 2.52. The van der Waals surface area contributed by atoms with Gasteiger partial charge in [0.05, 0.1) is 13.2 Å². The van der Waals surface area contributed by atoms with Crippen LogP contribution in [0.3, 0.4) is 0 Å². The molecule has 0 saturated heterocycles. The molecule has 2 aromatic carbocycles. The van der Waals surface area contributed by atoms with Gasteiger partial charge in [-0.25, -0.2) is 9.48 Å². The van der Waals surface area contributed by atoms with E-state index in [1.807, 2.05) is 37.3 Å². The Hall–Kier alpha value is -2.73. The van der Waals surface area contributed by atoms with Crippen molar-refractivity contribution in [2.75, 3.05) is 37.8 Å². The first-order valence-corrected chi connectivity index (χ1v) is 11.0. The van der Waals surface area contributed by atoms with Crippen LogP contribution in [0.2, 0.25) is 0 Å². The summed E-state index contributed by atoms with van der Waals surface area (Å²) in [6.45, 7) is 5.06. The quantitative estimate of drug-likeness (QED) is 0.784. The second-order valence-electron chi connectivity index (χ2n) is 8.07. The number of ether oxygens (including phenoxy) is 3. The van der Waals surface area contributed by atoms with Crippen LogP contribution < -0.4 is 19.1 Å². The summed E-state index contributed by atoms with van der Waals surface area (Å²) >= 11 is 0. The van der Waals surface area contributed by atoms with Gasteiger partial charge in [0.2, 0.25) is 0 Å². The molecule has 3 aliphatic rings. The lowest BCUT2D eigenvalue weighted by atomic mass is 10.0. The summed E-state index contributed by atoms with van der Waals surface area (Å²) in [4.78, 5) is 2.26. The topological polar surface area (TPSA) is 54.2 Å². The number of anilines is 1. The van der Waals surface area contributed by atoms with E-state index < -0.39 is 5.72 Å². The van der Waals surface area contributed by atoms with Crippen LogP contribution in [0.1, 0.15) is 38.2 Å². The molecule has 30 heavy (non-hydrogen) atoms. The minimum atomic E-state index is -1.10. The number of hydrogen-bond donors (Lipinski definition) is 1. The van der Waals surface area contributed by atoms with Gasteiger partial charge in [-0.05, 0) is 68.7 Å². The molecule has 0 amide bonds. The van der Waals surface area contributed by atoms with Crippen LogP contribution in [-0.4, -0.2) is 48.4 Å². The molecule has 1 N–H and O–H groups in total. The number of β-amino-alcohol motifs (C(OH)–C–C–N with tert-alkyl or cyclic N) is 1. The van der Waals surface area contributed by atoms with E-state index in [1.165, 1.54) is 12.3 Å². The number of fused-ring (bicyclic) bond motifs is 1. The molecule has 0 spiro atoms. The molecular formula is C24H29N2O4+. The zero-order valence-corrected chi connectivity index (χ0v) is 17.5. The Morgan fingerprint density at radius 2 is 1.83 bits per heavy atom. The van der Waals surface area contributed by atoms with E-state index in [9.17, 15) is 5.11 Å². The van der Waals surface area contributed by atoms with Crippen molar-refractivity contribution in [3.63, 3.8) is 0 Å². The summed E-state index contributed by atoms with van der Waals surface area (Å²) in [7, 11) is 0. The van der Waals surface area contributed by atoms with Crippen LogP contribution >= 0.6 is 0 Å². The molecule has 0 saturated carbocycles. The Bertz CT molecular complexity index is 956. The van der Waals surface area contributed by atoms with Gasteiger partial charge >= 0.3 is 0 Å². The fraction of sp³-hybridized carbons (Fsp3) is 0.458. The fourth-order valence-corrected chi connectivity index (χ4v) is 4.74. The maximum Gasteiger partial charge on any atom is 0.271 e. The molecule has 158 valence electrons. The molecule has 0 unspecified atom stereocenters. The molecule has 0 radical (unpaired) electrons. The van der Waals surface area contributed by atoms with Gasteiger partial charge in [-0.2, -0.15) is 0 Å². The minimum Gasteiger partial charge on any atom is -0.494 e. The van der Waals surface area contributed by atoms with Crippen molar-refractivity contribution in [2.24, 2.45) is 0 Å². The van der Waals surface area contributed by atoms with Crippen molar-refractivity contribution >= 4 is 11.5 Å². The standard InChI is InChI=1S/C24H29N2O4/c1-2-28-20-10-8-19(9-11-20)25-17-24(27,26-13-5-3-4-6-23(25)26)18-7-12-21-22(16-18)30-15-14-29-21/h7-12,16,27H,2-6,13-15,17H2,1H3/q+1/t24-/m0/s1. The number of rotatable bonds is 4. The minimum absolute atomic E-state index is 0.482. The van der Waals surface area contributed by atoms with Gasteiger partial charge < -0.3 is 19.3 Å². The van der Waals surface area contributed by atoms with Crippen molar-refractivity contribution in [3.8, 4) is 17.2 Å². The Balaban J connectivity index is 1.53. The van der Waals surface area contributed by atoms with Crippen molar-refractivity contribution < 1.29 is 23.9 Å². The molecule has 2 aromatic rings. The summed E-state index contributed by atoms with van der Waals surface area (Å²) in [6.07, 6.45) is 4.35. The second kappa shape index (κ2) is 7.84. The predicted octanol–water partition coefficient (Wildman–Crippen LogP) is 3.51. The van der Waals surface area contributed by atoms with E-state index in [0.29, 0.717) is 32.1 Å².